The Bertz CT molecular complexity index is 373. The van der Waals surface area contributed by atoms with Crippen molar-refractivity contribution in [2.45, 2.75) is 53.2 Å². The van der Waals surface area contributed by atoms with Crippen LogP contribution < -0.4 is 5.32 Å². The molecule has 2 heteroatoms. The number of benzene rings is 1. The summed E-state index contributed by atoms with van der Waals surface area (Å²) in [6.45, 7) is 11.3. The van der Waals surface area contributed by atoms with E-state index in [4.69, 9.17) is 0 Å². The molecular formula is C16H27NO. The van der Waals surface area contributed by atoms with Gasteiger partial charge in [0.05, 0.1) is 6.10 Å². The van der Waals surface area contributed by atoms with Crippen LogP contribution in [0.15, 0.2) is 18.2 Å². The van der Waals surface area contributed by atoms with E-state index in [1.165, 1.54) is 16.7 Å². The lowest BCUT2D eigenvalue weighted by Gasteiger charge is -2.19. The molecule has 1 aromatic carbocycles. The largest absolute Gasteiger partial charge is 0.392 e. The van der Waals surface area contributed by atoms with E-state index in [9.17, 15) is 5.11 Å². The third-order valence-electron chi connectivity index (χ3n) is 3.43. The first kappa shape index (κ1) is 15.2. The molecule has 0 aliphatic heterocycles. The summed E-state index contributed by atoms with van der Waals surface area (Å²) in [6, 6.07) is 6.83. The summed E-state index contributed by atoms with van der Waals surface area (Å²) in [5.74, 6) is 0.540. The number of hydrogen-bond acceptors (Lipinski definition) is 2. The highest BCUT2D eigenvalue weighted by atomic mass is 16.3. The van der Waals surface area contributed by atoms with Crippen molar-refractivity contribution >= 4 is 0 Å². The highest BCUT2D eigenvalue weighted by Crippen LogP contribution is 2.17. The number of rotatable bonds is 6. The van der Waals surface area contributed by atoms with Crippen LogP contribution in [-0.4, -0.2) is 17.8 Å². The molecule has 0 fully saturated rings. The summed E-state index contributed by atoms with van der Waals surface area (Å²) in [4.78, 5) is 0. The molecule has 18 heavy (non-hydrogen) atoms. The van der Waals surface area contributed by atoms with Crippen molar-refractivity contribution in [3.8, 4) is 0 Å². The molecule has 2 N–H and O–H groups in total. The molecule has 0 aliphatic carbocycles. The van der Waals surface area contributed by atoms with Crippen molar-refractivity contribution in [1.29, 1.82) is 0 Å². The summed E-state index contributed by atoms with van der Waals surface area (Å²) in [7, 11) is 0. The molecule has 0 bridgehead atoms. The van der Waals surface area contributed by atoms with Crippen molar-refractivity contribution in [1.82, 2.24) is 5.32 Å². The van der Waals surface area contributed by atoms with Crippen molar-refractivity contribution in [2.24, 2.45) is 5.92 Å². The third kappa shape index (κ3) is 4.79. The number of aryl methyl sites for hydroxylation is 2. The number of aliphatic hydroxyl groups is 1. The topological polar surface area (TPSA) is 32.3 Å². The molecule has 0 spiro atoms. The van der Waals surface area contributed by atoms with Crippen LogP contribution in [0.25, 0.3) is 0 Å². The van der Waals surface area contributed by atoms with E-state index < -0.39 is 0 Å². The molecule has 0 saturated carbocycles. The Kier molecular flexibility index (Phi) is 5.83. The second kappa shape index (κ2) is 6.91. The summed E-state index contributed by atoms with van der Waals surface area (Å²) in [6.07, 6.45) is 0.603. The van der Waals surface area contributed by atoms with Gasteiger partial charge in [-0.3, -0.25) is 0 Å². The lowest BCUT2D eigenvalue weighted by Crippen LogP contribution is -2.30. The van der Waals surface area contributed by atoms with Gasteiger partial charge in [0.2, 0.25) is 0 Å². The number of hydrogen-bond donors (Lipinski definition) is 2. The second-order valence-electron chi connectivity index (χ2n) is 5.76. The Morgan fingerprint density at radius 1 is 1.11 bits per heavy atom. The van der Waals surface area contributed by atoms with Crippen LogP contribution in [-0.2, 0) is 0 Å². The normalized spacial score (nSPS) is 14.8. The summed E-state index contributed by atoms with van der Waals surface area (Å²) < 4.78 is 0. The molecule has 0 saturated heterocycles. The van der Waals surface area contributed by atoms with Gasteiger partial charge in [0.25, 0.3) is 0 Å². The fourth-order valence-corrected chi connectivity index (χ4v) is 2.09. The van der Waals surface area contributed by atoms with Gasteiger partial charge in [-0.2, -0.15) is 0 Å². The minimum Gasteiger partial charge on any atom is -0.392 e. The SMILES string of the molecule is Cc1ccc(C(C)NCC(O)CC(C)C)cc1C. The molecule has 1 aromatic rings. The maximum atomic E-state index is 9.85. The summed E-state index contributed by atoms with van der Waals surface area (Å²) >= 11 is 0. The first-order valence-corrected chi connectivity index (χ1v) is 6.88. The van der Waals surface area contributed by atoms with Gasteiger partial charge in [0.1, 0.15) is 0 Å². The highest BCUT2D eigenvalue weighted by molar-refractivity contribution is 5.31. The Morgan fingerprint density at radius 3 is 2.33 bits per heavy atom. The average molecular weight is 249 g/mol. The summed E-state index contributed by atoms with van der Waals surface area (Å²) in [5.41, 5.74) is 3.93. The van der Waals surface area contributed by atoms with Crippen LogP contribution in [0.5, 0.6) is 0 Å². The second-order valence-corrected chi connectivity index (χ2v) is 5.76. The third-order valence-corrected chi connectivity index (χ3v) is 3.43. The van der Waals surface area contributed by atoms with Crippen molar-refractivity contribution in [3.63, 3.8) is 0 Å². The van der Waals surface area contributed by atoms with Gasteiger partial charge in [0, 0.05) is 12.6 Å². The van der Waals surface area contributed by atoms with Gasteiger partial charge < -0.3 is 10.4 Å². The molecule has 0 radical (unpaired) electrons. The van der Waals surface area contributed by atoms with Crippen LogP contribution in [0.4, 0.5) is 0 Å². The maximum absolute atomic E-state index is 9.85. The summed E-state index contributed by atoms with van der Waals surface area (Å²) in [5, 5.41) is 13.3. The molecule has 1 rings (SSSR count). The van der Waals surface area contributed by atoms with E-state index in [1.807, 2.05) is 0 Å². The van der Waals surface area contributed by atoms with E-state index in [0.717, 1.165) is 6.42 Å². The first-order chi connectivity index (χ1) is 8.40. The molecule has 102 valence electrons. The minimum absolute atomic E-state index is 0.251. The fourth-order valence-electron chi connectivity index (χ4n) is 2.09. The van der Waals surface area contributed by atoms with Crippen LogP contribution in [0.3, 0.4) is 0 Å². The standard InChI is InChI=1S/C16H27NO/c1-11(2)8-16(18)10-17-14(5)15-7-6-12(3)13(4)9-15/h6-7,9,11,14,16-18H,8,10H2,1-5H3. The van der Waals surface area contributed by atoms with E-state index in [-0.39, 0.29) is 12.1 Å². The first-order valence-electron chi connectivity index (χ1n) is 6.88. The molecular weight excluding hydrogens is 222 g/mol. The molecule has 0 amide bonds. The van der Waals surface area contributed by atoms with Gasteiger partial charge in [-0.05, 0) is 49.8 Å². The Morgan fingerprint density at radius 2 is 1.78 bits per heavy atom. The molecule has 0 aliphatic rings. The molecule has 2 nitrogen and oxygen atoms in total. The van der Waals surface area contributed by atoms with Crippen molar-refractivity contribution in [3.05, 3.63) is 34.9 Å². The smallest absolute Gasteiger partial charge is 0.0667 e. The van der Waals surface area contributed by atoms with Crippen LogP contribution in [0.1, 0.15) is 49.9 Å². The quantitative estimate of drug-likeness (QED) is 0.810. The Hall–Kier alpha value is -0.860. The van der Waals surface area contributed by atoms with E-state index in [0.29, 0.717) is 12.5 Å². The number of aliphatic hydroxyl groups excluding tert-OH is 1. The zero-order valence-electron chi connectivity index (χ0n) is 12.3. The predicted octanol–water partition coefficient (Wildman–Crippen LogP) is 3.36. The molecule has 0 aromatic heterocycles. The van der Waals surface area contributed by atoms with Crippen molar-refractivity contribution < 1.29 is 5.11 Å². The number of nitrogens with one attached hydrogen (secondary N) is 1. The van der Waals surface area contributed by atoms with Crippen LogP contribution >= 0.6 is 0 Å². The molecule has 0 heterocycles. The molecule has 2 unspecified atom stereocenters. The van der Waals surface area contributed by atoms with Gasteiger partial charge in [0.15, 0.2) is 0 Å². The van der Waals surface area contributed by atoms with E-state index >= 15 is 0 Å². The van der Waals surface area contributed by atoms with E-state index in [1.54, 1.807) is 0 Å². The van der Waals surface area contributed by atoms with Crippen molar-refractivity contribution in [2.75, 3.05) is 6.54 Å². The monoisotopic (exact) mass is 249 g/mol. The van der Waals surface area contributed by atoms with Gasteiger partial charge in [-0.25, -0.2) is 0 Å². The zero-order valence-corrected chi connectivity index (χ0v) is 12.3. The van der Waals surface area contributed by atoms with Gasteiger partial charge >= 0.3 is 0 Å². The van der Waals surface area contributed by atoms with E-state index in [2.05, 4.69) is 58.1 Å². The lowest BCUT2D eigenvalue weighted by atomic mass is 10.0. The molecule has 2 atom stereocenters. The van der Waals surface area contributed by atoms with Crippen LogP contribution in [0, 0.1) is 19.8 Å². The van der Waals surface area contributed by atoms with Gasteiger partial charge in [-0.15, -0.1) is 0 Å². The van der Waals surface area contributed by atoms with Crippen LogP contribution in [0.2, 0.25) is 0 Å². The lowest BCUT2D eigenvalue weighted by molar-refractivity contribution is 0.143. The predicted molar refractivity (Wildman–Crippen MR) is 77.8 cm³/mol. The zero-order chi connectivity index (χ0) is 13.7. The average Bonchev–Trinajstić information content (AvgIpc) is 2.28. The Balaban J connectivity index is 2.49. The Labute approximate surface area is 111 Å². The maximum Gasteiger partial charge on any atom is 0.0667 e. The minimum atomic E-state index is -0.251. The fraction of sp³-hybridized carbons (Fsp3) is 0.625. The highest BCUT2D eigenvalue weighted by Gasteiger charge is 2.10. The van der Waals surface area contributed by atoms with Gasteiger partial charge in [-0.1, -0.05) is 32.0 Å².